The summed E-state index contributed by atoms with van der Waals surface area (Å²) in [5.41, 5.74) is 4.58. The summed E-state index contributed by atoms with van der Waals surface area (Å²) in [5.74, 6) is -0.468. The first-order valence-electron chi connectivity index (χ1n) is 11.4. The second-order valence-electron chi connectivity index (χ2n) is 8.42. The van der Waals surface area contributed by atoms with E-state index in [0.717, 1.165) is 16.7 Å². The van der Waals surface area contributed by atoms with E-state index in [4.69, 9.17) is 30.5 Å². The van der Waals surface area contributed by atoms with E-state index in [0.29, 0.717) is 45.5 Å². The number of dihydropyridines is 1. The number of aryl methyl sites for hydroxylation is 1. The Kier molecular flexibility index (Phi) is 7.08. The number of hydrogen-bond donors (Lipinski definition) is 1. The molecule has 2 heterocycles. The number of cyclic esters (lactones) is 1. The molecule has 0 fully saturated rings. The molecule has 7 nitrogen and oxygen atoms in total. The minimum atomic E-state index is -0.638. The van der Waals surface area contributed by atoms with E-state index in [2.05, 4.69) is 5.32 Å². The van der Waals surface area contributed by atoms with Crippen molar-refractivity contribution in [1.29, 1.82) is 0 Å². The second kappa shape index (κ2) is 10.0. The second-order valence-corrected chi connectivity index (χ2v) is 8.86. The molecule has 0 amide bonds. The van der Waals surface area contributed by atoms with Gasteiger partial charge >= 0.3 is 11.9 Å². The predicted octanol–water partition coefficient (Wildman–Crippen LogP) is 5.13. The Morgan fingerprint density at radius 2 is 1.86 bits per heavy atom. The van der Waals surface area contributed by atoms with Crippen LogP contribution in [0, 0.1) is 6.92 Å². The molecule has 0 bridgehead atoms. The molecule has 2 aliphatic rings. The fourth-order valence-electron chi connectivity index (χ4n) is 4.71. The normalized spacial score (nSPS) is 19.5. The van der Waals surface area contributed by atoms with Crippen molar-refractivity contribution in [2.75, 3.05) is 20.8 Å². The van der Waals surface area contributed by atoms with E-state index in [1.807, 2.05) is 32.0 Å². The van der Waals surface area contributed by atoms with Gasteiger partial charge in [0, 0.05) is 22.8 Å². The molecule has 2 unspecified atom stereocenters. The van der Waals surface area contributed by atoms with Gasteiger partial charge in [0.2, 0.25) is 0 Å². The van der Waals surface area contributed by atoms with Crippen molar-refractivity contribution in [1.82, 2.24) is 5.32 Å². The van der Waals surface area contributed by atoms with E-state index in [1.54, 1.807) is 39.3 Å². The molecule has 184 valence electrons. The predicted molar refractivity (Wildman–Crippen MR) is 131 cm³/mol. The van der Waals surface area contributed by atoms with Crippen LogP contribution in [0.2, 0.25) is 5.02 Å². The number of carbonyl (C=O) groups is 2. The van der Waals surface area contributed by atoms with Gasteiger partial charge in [-0.25, -0.2) is 9.59 Å². The molecule has 0 aromatic heterocycles. The van der Waals surface area contributed by atoms with Crippen molar-refractivity contribution in [2.24, 2.45) is 0 Å². The highest BCUT2D eigenvalue weighted by Gasteiger charge is 2.43. The first-order chi connectivity index (χ1) is 16.8. The third kappa shape index (κ3) is 4.60. The zero-order valence-electron chi connectivity index (χ0n) is 20.4. The molecule has 0 spiro atoms. The van der Waals surface area contributed by atoms with Gasteiger partial charge in [-0.05, 0) is 61.7 Å². The van der Waals surface area contributed by atoms with E-state index in [1.165, 1.54) is 0 Å². The fraction of sp³-hybridized carbons (Fsp3) is 0.333. The number of benzene rings is 2. The standard InChI is InChI=1S/C27H28ClNO6/c1-6-34-26(30)23-15(3)29-19-13-21(16-7-10-20(32-4)22(12-16)33-5)35-27(31)25(19)24(23)18-9-8-17(28)11-14(18)2/h7-12,21,24,29H,6,13H2,1-5H3. The zero-order chi connectivity index (χ0) is 25.3. The van der Waals surface area contributed by atoms with Crippen LogP contribution in [0.25, 0.3) is 0 Å². The number of ether oxygens (including phenoxy) is 4. The number of hydrogen-bond acceptors (Lipinski definition) is 7. The van der Waals surface area contributed by atoms with Crippen molar-refractivity contribution in [3.05, 3.63) is 80.7 Å². The molecule has 2 aliphatic heterocycles. The lowest BCUT2D eigenvalue weighted by atomic mass is 9.77. The van der Waals surface area contributed by atoms with Crippen LogP contribution in [0.4, 0.5) is 0 Å². The third-order valence-corrected chi connectivity index (χ3v) is 6.56. The molecule has 1 N–H and O–H groups in total. The summed E-state index contributed by atoms with van der Waals surface area (Å²) in [7, 11) is 3.12. The van der Waals surface area contributed by atoms with Crippen molar-refractivity contribution in [3.8, 4) is 11.5 Å². The van der Waals surface area contributed by atoms with Crippen LogP contribution in [0.1, 0.15) is 49.0 Å². The van der Waals surface area contributed by atoms with Gasteiger partial charge in [0.25, 0.3) is 0 Å². The number of methoxy groups -OCH3 is 2. The maximum Gasteiger partial charge on any atom is 0.337 e. The van der Waals surface area contributed by atoms with Crippen molar-refractivity contribution in [2.45, 2.75) is 39.2 Å². The summed E-state index contributed by atoms with van der Waals surface area (Å²) >= 11 is 6.19. The Bertz CT molecular complexity index is 1250. The van der Waals surface area contributed by atoms with Gasteiger partial charge in [-0.15, -0.1) is 0 Å². The van der Waals surface area contributed by atoms with Gasteiger partial charge in [0.15, 0.2) is 11.5 Å². The smallest absolute Gasteiger partial charge is 0.337 e. The highest BCUT2D eigenvalue weighted by molar-refractivity contribution is 6.30. The molecule has 2 aromatic rings. The number of allylic oxidation sites excluding steroid dienone is 1. The highest BCUT2D eigenvalue weighted by atomic mass is 35.5. The van der Waals surface area contributed by atoms with Gasteiger partial charge in [0.05, 0.1) is 37.9 Å². The average molecular weight is 498 g/mol. The molecule has 2 atom stereocenters. The van der Waals surface area contributed by atoms with Gasteiger partial charge in [-0.3, -0.25) is 0 Å². The van der Waals surface area contributed by atoms with Crippen LogP contribution in [0.3, 0.4) is 0 Å². The van der Waals surface area contributed by atoms with Gasteiger partial charge in [-0.2, -0.15) is 0 Å². The molecule has 8 heteroatoms. The average Bonchev–Trinajstić information content (AvgIpc) is 2.82. The van der Waals surface area contributed by atoms with Crippen molar-refractivity contribution < 1.29 is 28.5 Å². The molecule has 0 saturated carbocycles. The van der Waals surface area contributed by atoms with Crippen LogP contribution in [-0.2, 0) is 19.1 Å². The van der Waals surface area contributed by atoms with Gasteiger partial charge in [-0.1, -0.05) is 23.7 Å². The monoisotopic (exact) mass is 497 g/mol. The maximum atomic E-state index is 13.5. The summed E-state index contributed by atoms with van der Waals surface area (Å²) in [6.45, 7) is 5.70. The Hall–Kier alpha value is -3.45. The topological polar surface area (TPSA) is 83.1 Å². The number of carbonyl (C=O) groups excluding carboxylic acids is 2. The Labute approximate surface area is 209 Å². The molecule has 0 radical (unpaired) electrons. The number of nitrogens with one attached hydrogen (secondary N) is 1. The van der Waals surface area contributed by atoms with Crippen molar-refractivity contribution in [3.63, 3.8) is 0 Å². The SMILES string of the molecule is CCOC(=O)C1=C(C)NC2=C(C(=O)OC(c3ccc(OC)c(OC)c3)C2)C1c1ccc(Cl)cc1C. The van der Waals surface area contributed by atoms with Crippen LogP contribution < -0.4 is 14.8 Å². The third-order valence-electron chi connectivity index (χ3n) is 6.32. The van der Waals surface area contributed by atoms with Crippen LogP contribution >= 0.6 is 11.6 Å². The summed E-state index contributed by atoms with van der Waals surface area (Å²) in [6, 6.07) is 10.9. The number of esters is 2. The summed E-state index contributed by atoms with van der Waals surface area (Å²) in [4.78, 5) is 26.5. The first kappa shape index (κ1) is 24.7. The molecule has 2 aromatic carbocycles. The van der Waals surface area contributed by atoms with Gasteiger partial charge in [0.1, 0.15) is 6.10 Å². The Morgan fingerprint density at radius 3 is 2.51 bits per heavy atom. The first-order valence-corrected chi connectivity index (χ1v) is 11.7. The Balaban J connectivity index is 1.80. The minimum Gasteiger partial charge on any atom is -0.493 e. The highest BCUT2D eigenvalue weighted by Crippen LogP contribution is 2.46. The van der Waals surface area contributed by atoms with Crippen molar-refractivity contribution >= 4 is 23.5 Å². The van der Waals surface area contributed by atoms with Crippen LogP contribution in [0.5, 0.6) is 11.5 Å². The van der Waals surface area contributed by atoms with Crippen LogP contribution in [-0.4, -0.2) is 32.8 Å². The van der Waals surface area contributed by atoms with Gasteiger partial charge < -0.3 is 24.3 Å². The largest absolute Gasteiger partial charge is 0.493 e. The molecular weight excluding hydrogens is 470 g/mol. The molecule has 0 saturated heterocycles. The maximum absolute atomic E-state index is 13.5. The summed E-state index contributed by atoms with van der Waals surface area (Å²) < 4.78 is 22.0. The lowest BCUT2D eigenvalue weighted by Crippen LogP contribution is -2.37. The van der Waals surface area contributed by atoms with E-state index >= 15 is 0 Å². The molecular formula is C27H28ClNO6. The van der Waals surface area contributed by atoms with E-state index in [-0.39, 0.29) is 6.61 Å². The molecule has 35 heavy (non-hydrogen) atoms. The lowest BCUT2D eigenvalue weighted by molar-refractivity contribution is -0.146. The molecule has 0 aliphatic carbocycles. The fourth-order valence-corrected chi connectivity index (χ4v) is 4.94. The molecule has 4 rings (SSSR count). The number of halogens is 1. The summed E-state index contributed by atoms with van der Waals surface area (Å²) in [6.07, 6.45) is -0.120. The van der Waals surface area contributed by atoms with Crippen LogP contribution in [0.15, 0.2) is 58.9 Å². The lowest BCUT2D eigenvalue weighted by Gasteiger charge is -2.37. The summed E-state index contributed by atoms with van der Waals surface area (Å²) in [5, 5.41) is 3.87. The van der Waals surface area contributed by atoms with E-state index < -0.39 is 24.0 Å². The van der Waals surface area contributed by atoms with E-state index in [9.17, 15) is 9.59 Å². The number of rotatable bonds is 6. The Morgan fingerprint density at radius 1 is 1.11 bits per heavy atom. The quantitative estimate of drug-likeness (QED) is 0.554. The minimum absolute atomic E-state index is 0.222. The zero-order valence-corrected chi connectivity index (χ0v) is 21.1.